The Balaban J connectivity index is 2.06. The smallest absolute Gasteiger partial charge is 0.343 e. The maximum atomic E-state index is 13.8. The number of carbonyl (C=O) groups excluding carboxylic acids is 1. The van der Waals surface area contributed by atoms with Crippen LogP contribution in [0.3, 0.4) is 0 Å². The number of hydrogen-bond donors (Lipinski definition) is 1. The van der Waals surface area contributed by atoms with Crippen molar-refractivity contribution in [2.45, 2.75) is 32.9 Å². The van der Waals surface area contributed by atoms with Gasteiger partial charge in [-0.1, -0.05) is 18.2 Å². The molecule has 188 valence electrons. The third-order valence-electron chi connectivity index (χ3n) is 5.93. The number of nitrogens with zero attached hydrogens (tertiary/aromatic N) is 1. The number of esters is 1. The van der Waals surface area contributed by atoms with Crippen molar-refractivity contribution in [2.24, 2.45) is 5.73 Å². The summed E-state index contributed by atoms with van der Waals surface area (Å²) in [6, 6.07) is 15.3. The van der Waals surface area contributed by atoms with Gasteiger partial charge in [-0.3, -0.25) is 4.79 Å². The first-order chi connectivity index (χ1) is 17.2. The number of rotatable bonds is 8. The topological polar surface area (TPSA) is 92.8 Å². The highest BCUT2D eigenvalue weighted by atomic mass is 32.1. The zero-order valence-corrected chi connectivity index (χ0v) is 21.9. The Hall–Kier alpha value is -3.62. The Morgan fingerprint density at radius 1 is 1.06 bits per heavy atom. The molecule has 0 aliphatic heterocycles. The molecule has 8 heteroatoms. The molecule has 2 aromatic carbocycles. The van der Waals surface area contributed by atoms with Crippen molar-refractivity contribution < 1.29 is 19.0 Å². The van der Waals surface area contributed by atoms with E-state index >= 15 is 0 Å². The number of thiophene rings is 1. The van der Waals surface area contributed by atoms with Crippen LogP contribution in [0.25, 0.3) is 20.7 Å². The van der Waals surface area contributed by atoms with E-state index in [1.807, 2.05) is 66.9 Å². The summed E-state index contributed by atoms with van der Waals surface area (Å²) in [6.07, 6.45) is 1.58. The molecule has 0 aliphatic carbocycles. The molecule has 36 heavy (non-hydrogen) atoms. The lowest BCUT2D eigenvalue weighted by atomic mass is 9.90. The van der Waals surface area contributed by atoms with Crippen LogP contribution in [0.1, 0.15) is 42.3 Å². The molecular formula is C28H30N2O5S. The number of nitrogens with two attached hydrogens (primary N) is 1. The van der Waals surface area contributed by atoms with Gasteiger partial charge in [-0.2, -0.15) is 0 Å². The second-order valence-electron chi connectivity index (χ2n) is 8.97. The summed E-state index contributed by atoms with van der Waals surface area (Å²) in [5.74, 6) is 0.790. The minimum atomic E-state index is -0.859. The van der Waals surface area contributed by atoms with Gasteiger partial charge in [-0.25, -0.2) is 4.79 Å². The van der Waals surface area contributed by atoms with Gasteiger partial charge in [0.25, 0.3) is 0 Å². The molecule has 0 saturated heterocycles. The van der Waals surface area contributed by atoms with Crippen molar-refractivity contribution in [3.63, 3.8) is 0 Å². The van der Waals surface area contributed by atoms with Crippen LogP contribution in [0.2, 0.25) is 0 Å². The molecule has 0 saturated carbocycles. The lowest BCUT2D eigenvalue weighted by Crippen LogP contribution is -2.31. The monoisotopic (exact) mass is 506 g/mol. The molecule has 4 aromatic rings. The number of methoxy groups -OCH3 is 2. The van der Waals surface area contributed by atoms with Crippen molar-refractivity contribution in [1.82, 2.24) is 4.57 Å². The summed E-state index contributed by atoms with van der Waals surface area (Å²) < 4.78 is 18.0. The Morgan fingerprint density at radius 3 is 2.36 bits per heavy atom. The molecule has 7 nitrogen and oxygen atoms in total. The third-order valence-corrected chi connectivity index (χ3v) is 7.21. The summed E-state index contributed by atoms with van der Waals surface area (Å²) in [7, 11) is 3.23. The van der Waals surface area contributed by atoms with E-state index in [1.54, 1.807) is 27.3 Å². The summed E-state index contributed by atoms with van der Waals surface area (Å²) in [6.45, 7) is 5.99. The zero-order chi connectivity index (χ0) is 26.0. The molecule has 0 aliphatic rings. The molecule has 0 fully saturated rings. The van der Waals surface area contributed by atoms with E-state index in [4.69, 9.17) is 19.9 Å². The number of hydrogen-bond acceptors (Lipinski definition) is 7. The fraction of sp³-hybridized carbons (Fsp3) is 0.286. The minimum absolute atomic E-state index is 0.0242. The molecule has 0 bridgehead atoms. The van der Waals surface area contributed by atoms with Crippen LogP contribution in [-0.2, 0) is 16.8 Å². The number of aromatic nitrogens is 1. The summed E-state index contributed by atoms with van der Waals surface area (Å²) >= 11 is 1.47. The van der Waals surface area contributed by atoms with Gasteiger partial charge in [0, 0.05) is 27.7 Å². The van der Waals surface area contributed by atoms with Crippen molar-refractivity contribution in [3.05, 3.63) is 81.6 Å². The SMILES string of the molecule is CCOC(=O)c1cn(Cc2ccccc2OC)c2sc(-c3ccc(OC)cc3)c(C(C)(C)N)c2c1=O. The van der Waals surface area contributed by atoms with Gasteiger partial charge >= 0.3 is 5.97 Å². The predicted octanol–water partition coefficient (Wildman–Crippen LogP) is 5.17. The summed E-state index contributed by atoms with van der Waals surface area (Å²) in [4.78, 5) is 28.2. The highest BCUT2D eigenvalue weighted by Gasteiger charge is 2.30. The first-order valence-corrected chi connectivity index (χ1v) is 12.4. The van der Waals surface area contributed by atoms with Crippen LogP contribution in [-0.4, -0.2) is 31.4 Å². The number of fused-ring (bicyclic) bond motifs is 1. The highest BCUT2D eigenvalue weighted by molar-refractivity contribution is 7.22. The summed E-state index contributed by atoms with van der Waals surface area (Å²) in [5.41, 5.74) is 7.90. The quantitative estimate of drug-likeness (QED) is 0.332. The van der Waals surface area contributed by atoms with E-state index in [0.717, 1.165) is 26.6 Å². The Morgan fingerprint density at radius 2 is 1.75 bits per heavy atom. The van der Waals surface area contributed by atoms with Gasteiger partial charge in [-0.15, -0.1) is 11.3 Å². The molecule has 2 N–H and O–H groups in total. The number of pyridine rings is 1. The van der Waals surface area contributed by atoms with Crippen LogP contribution in [0.15, 0.2) is 59.5 Å². The van der Waals surface area contributed by atoms with Crippen LogP contribution in [0.5, 0.6) is 11.5 Å². The molecule has 0 radical (unpaired) electrons. The molecular weight excluding hydrogens is 476 g/mol. The number of carbonyl (C=O) groups is 1. The average Bonchev–Trinajstić information content (AvgIpc) is 3.28. The lowest BCUT2D eigenvalue weighted by molar-refractivity contribution is 0.0524. The molecule has 2 heterocycles. The highest BCUT2D eigenvalue weighted by Crippen LogP contribution is 2.42. The normalized spacial score (nSPS) is 11.5. The Bertz CT molecular complexity index is 1460. The second kappa shape index (κ2) is 10.2. The zero-order valence-electron chi connectivity index (χ0n) is 21.1. The van der Waals surface area contributed by atoms with Gasteiger partial charge in [0.2, 0.25) is 5.43 Å². The average molecular weight is 507 g/mol. The molecule has 0 atom stereocenters. The summed E-state index contributed by atoms with van der Waals surface area (Å²) in [5, 5.41) is 0.429. The van der Waals surface area contributed by atoms with Crippen molar-refractivity contribution in [2.75, 3.05) is 20.8 Å². The van der Waals surface area contributed by atoms with E-state index in [0.29, 0.717) is 23.2 Å². The van der Waals surface area contributed by atoms with Crippen LogP contribution in [0.4, 0.5) is 0 Å². The third kappa shape index (κ3) is 4.74. The number of benzene rings is 2. The minimum Gasteiger partial charge on any atom is -0.497 e. The molecule has 0 amide bonds. The van der Waals surface area contributed by atoms with Gasteiger partial charge in [0.05, 0.1) is 32.8 Å². The van der Waals surface area contributed by atoms with Gasteiger partial charge in [-0.05, 0) is 56.7 Å². The Kier molecular flexibility index (Phi) is 7.19. The van der Waals surface area contributed by atoms with E-state index in [-0.39, 0.29) is 17.6 Å². The fourth-order valence-electron chi connectivity index (χ4n) is 4.29. The van der Waals surface area contributed by atoms with Gasteiger partial charge < -0.3 is 24.5 Å². The second-order valence-corrected chi connectivity index (χ2v) is 9.97. The number of para-hydroxylation sites is 1. The van der Waals surface area contributed by atoms with Crippen LogP contribution < -0.4 is 20.6 Å². The van der Waals surface area contributed by atoms with E-state index in [1.165, 1.54) is 11.3 Å². The first kappa shape index (κ1) is 25.5. The van der Waals surface area contributed by atoms with Crippen LogP contribution in [0, 0.1) is 0 Å². The predicted molar refractivity (Wildman–Crippen MR) is 143 cm³/mol. The van der Waals surface area contributed by atoms with E-state index < -0.39 is 11.5 Å². The number of ether oxygens (including phenoxy) is 3. The largest absolute Gasteiger partial charge is 0.497 e. The molecule has 4 rings (SSSR count). The molecule has 2 aromatic heterocycles. The van der Waals surface area contributed by atoms with Gasteiger partial charge in [0.1, 0.15) is 21.9 Å². The van der Waals surface area contributed by atoms with E-state index in [9.17, 15) is 9.59 Å². The fourth-order valence-corrected chi connectivity index (χ4v) is 5.73. The Labute approximate surface area is 214 Å². The van der Waals surface area contributed by atoms with E-state index in [2.05, 4.69) is 0 Å². The van der Waals surface area contributed by atoms with Crippen molar-refractivity contribution in [3.8, 4) is 21.9 Å². The first-order valence-electron chi connectivity index (χ1n) is 11.6. The lowest BCUT2D eigenvalue weighted by Gasteiger charge is -2.21. The standard InChI is InChI=1S/C28H30N2O5S/c1-6-35-27(32)20-16-30(15-18-9-7-8-10-21(18)34-5)26-22(24(20)31)23(28(2,3)29)25(36-26)17-11-13-19(33-4)14-12-17/h7-14,16H,6,15,29H2,1-5H3. The van der Waals surface area contributed by atoms with Crippen LogP contribution >= 0.6 is 11.3 Å². The molecule has 0 spiro atoms. The van der Waals surface area contributed by atoms with Crippen molar-refractivity contribution >= 4 is 27.5 Å². The van der Waals surface area contributed by atoms with Gasteiger partial charge in [0.15, 0.2) is 0 Å². The maximum absolute atomic E-state index is 13.8. The van der Waals surface area contributed by atoms with Crippen molar-refractivity contribution in [1.29, 1.82) is 0 Å². The maximum Gasteiger partial charge on any atom is 0.343 e. The molecule has 0 unspecified atom stereocenters.